The predicted molar refractivity (Wildman–Crippen MR) is 51.5 cm³/mol. The number of rotatable bonds is 5. The van der Waals surface area contributed by atoms with Crippen molar-refractivity contribution in [1.29, 1.82) is 0 Å². The largest absolute Gasteiger partial charge is 0.386 e. The molecule has 1 heteroatoms. The molecular weight excluding hydrogens is 134 g/mol. The Morgan fingerprint density at radius 3 is 2.18 bits per heavy atom. The van der Waals surface area contributed by atoms with E-state index in [1.54, 1.807) is 0 Å². The van der Waals surface area contributed by atoms with Gasteiger partial charge >= 0.3 is 0 Å². The fourth-order valence-electron chi connectivity index (χ4n) is 1.07. The van der Waals surface area contributed by atoms with Crippen molar-refractivity contribution in [2.24, 2.45) is 0 Å². The monoisotopic (exact) mass is 153 g/mol. The Balaban J connectivity index is 3.76. The molecule has 1 nitrogen and oxygen atoms in total. The van der Waals surface area contributed by atoms with Crippen LogP contribution in [-0.2, 0) is 0 Å². The highest BCUT2D eigenvalue weighted by atomic mass is 14.9. The Kier molecular flexibility index (Phi) is 4.67. The van der Waals surface area contributed by atoms with Gasteiger partial charge in [0.25, 0.3) is 0 Å². The zero-order valence-electron chi connectivity index (χ0n) is 7.91. The molecule has 0 aromatic heterocycles. The summed E-state index contributed by atoms with van der Waals surface area (Å²) >= 11 is 0. The minimum absolute atomic E-state index is 0.519. The Morgan fingerprint density at radius 1 is 1.36 bits per heavy atom. The molecular formula is C10H19N. The molecule has 1 N–H and O–H groups in total. The van der Waals surface area contributed by atoms with Crippen LogP contribution < -0.4 is 5.32 Å². The van der Waals surface area contributed by atoms with E-state index in [1.807, 2.05) is 6.92 Å². The third-order valence-electron chi connectivity index (χ3n) is 1.54. The second-order valence-electron chi connectivity index (χ2n) is 3.19. The van der Waals surface area contributed by atoms with Gasteiger partial charge in [0.1, 0.15) is 0 Å². The summed E-state index contributed by atoms with van der Waals surface area (Å²) in [5.74, 6) is 0. The van der Waals surface area contributed by atoms with Gasteiger partial charge in [0.05, 0.1) is 0 Å². The van der Waals surface area contributed by atoms with E-state index in [0.29, 0.717) is 6.04 Å². The van der Waals surface area contributed by atoms with Crippen LogP contribution in [0.5, 0.6) is 0 Å². The van der Waals surface area contributed by atoms with Crippen molar-refractivity contribution >= 4 is 0 Å². The molecule has 0 saturated heterocycles. The van der Waals surface area contributed by atoms with E-state index in [0.717, 1.165) is 18.5 Å². The van der Waals surface area contributed by atoms with Crippen molar-refractivity contribution in [3.05, 3.63) is 24.4 Å². The van der Waals surface area contributed by atoms with Crippen molar-refractivity contribution < 1.29 is 0 Å². The first kappa shape index (κ1) is 10.3. The SMILES string of the molecule is C=C(C)CC(CC)NC(=C)C. The van der Waals surface area contributed by atoms with Crippen LogP contribution in [-0.4, -0.2) is 6.04 Å². The van der Waals surface area contributed by atoms with Crippen LogP contribution in [0.2, 0.25) is 0 Å². The van der Waals surface area contributed by atoms with E-state index in [9.17, 15) is 0 Å². The first-order valence-electron chi connectivity index (χ1n) is 4.12. The minimum Gasteiger partial charge on any atom is -0.386 e. The van der Waals surface area contributed by atoms with Gasteiger partial charge in [0.15, 0.2) is 0 Å². The van der Waals surface area contributed by atoms with Crippen molar-refractivity contribution in [1.82, 2.24) is 5.32 Å². The Hall–Kier alpha value is -0.720. The lowest BCUT2D eigenvalue weighted by molar-refractivity contribution is 0.546. The average molecular weight is 153 g/mol. The molecule has 0 bridgehead atoms. The van der Waals surface area contributed by atoms with Gasteiger partial charge in [-0.1, -0.05) is 19.1 Å². The number of nitrogens with one attached hydrogen (secondary N) is 1. The van der Waals surface area contributed by atoms with Crippen LogP contribution in [0, 0.1) is 0 Å². The minimum atomic E-state index is 0.519. The molecule has 0 aromatic carbocycles. The summed E-state index contributed by atoms with van der Waals surface area (Å²) in [5, 5.41) is 3.31. The zero-order chi connectivity index (χ0) is 8.85. The normalized spacial score (nSPS) is 12.3. The second-order valence-corrected chi connectivity index (χ2v) is 3.19. The van der Waals surface area contributed by atoms with Crippen LogP contribution in [0.4, 0.5) is 0 Å². The fourth-order valence-corrected chi connectivity index (χ4v) is 1.07. The van der Waals surface area contributed by atoms with Crippen molar-refractivity contribution in [3.8, 4) is 0 Å². The highest BCUT2D eigenvalue weighted by Crippen LogP contribution is 2.06. The third kappa shape index (κ3) is 5.71. The maximum Gasteiger partial charge on any atom is 0.0292 e. The van der Waals surface area contributed by atoms with Crippen LogP contribution in [0.25, 0.3) is 0 Å². The van der Waals surface area contributed by atoms with E-state index >= 15 is 0 Å². The molecule has 0 rings (SSSR count). The molecule has 0 radical (unpaired) electrons. The maximum atomic E-state index is 3.88. The van der Waals surface area contributed by atoms with E-state index in [4.69, 9.17) is 0 Å². The lowest BCUT2D eigenvalue weighted by atomic mass is 10.1. The summed E-state index contributed by atoms with van der Waals surface area (Å²) in [6.45, 7) is 13.9. The molecule has 0 aliphatic rings. The van der Waals surface area contributed by atoms with Crippen molar-refractivity contribution in [2.75, 3.05) is 0 Å². The molecule has 0 saturated carbocycles. The first-order chi connectivity index (χ1) is 5.06. The van der Waals surface area contributed by atoms with Gasteiger partial charge in [-0.3, -0.25) is 0 Å². The van der Waals surface area contributed by atoms with E-state index in [2.05, 4.69) is 32.3 Å². The Morgan fingerprint density at radius 2 is 1.91 bits per heavy atom. The molecule has 0 amide bonds. The van der Waals surface area contributed by atoms with Gasteiger partial charge in [0.2, 0.25) is 0 Å². The van der Waals surface area contributed by atoms with Gasteiger partial charge in [-0.05, 0) is 26.7 Å². The molecule has 0 heterocycles. The molecule has 0 aromatic rings. The van der Waals surface area contributed by atoms with Crippen molar-refractivity contribution in [3.63, 3.8) is 0 Å². The van der Waals surface area contributed by atoms with E-state index in [1.165, 1.54) is 5.57 Å². The lowest BCUT2D eigenvalue weighted by Crippen LogP contribution is -2.26. The van der Waals surface area contributed by atoms with Crippen LogP contribution in [0.15, 0.2) is 24.4 Å². The highest BCUT2D eigenvalue weighted by molar-refractivity contribution is 4.96. The maximum absolute atomic E-state index is 3.88. The molecule has 0 spiro atoms. The smallest absolute Gasteiger partial charge is 0.0292 e. The lowest BCUT2D eigenvalue weighted by Gasteiger charge is -2.17. The summed E-state index contributed by atoms with van der Waals surface area (Å²) in [7, 11) is 0. The number of hydrogen-bond donors (Lipinski definition) is 1. The first-order valence-corrected chi connectivity index (χ1v) is 4.12. The average Bonchev–Trinajstić information content (AvgIpc) is 1.84. The van der Waals surface area contributed by atoms with Crippen LogP contribution >= 0.6 is 0 Å². The molecule has 11 heavy (non-hydrogen) atoms. The molecule has 0 aliphatic heterocycles. The van der Waals surface area contributed by atoms with Gasteiger partial charge in [0, 0.05) is 11.7 Å². The highest BCUT2D eigenvalue weighted by Gasteiger charge is 2.03. The second kappa shape index (κ2) is 5.00. The van der Waals surface area contributed by atoms with Crippen molar-refractivity contribution in [2.45, 2.75) is 39.7 Å². The van der Waals surface area contributed by atoms with Gasteiger partial charge in [-0.25, -0.2) is 0 Å². The predicted octanol–water partition coefficient (Wildman–Crippen LogP) is 2.85. The fraction of sp³-hybridized carbons (Fsp3) is 0.600. The Labute approximate surface area is 70.2 Å². The van der Waals surface area contributed by atoms with Crippen LogP contribution in [0.3, 0.4) is 0 Å². The molecule has 0 fully saturated rings. The van der Waals surface area contributed by atoms with E-state index < -0.39 is 0 Å². The summed E-state index contributed by atoms with van der Waals surface area (Å²) in [5.41, 5.74) is 2.27. The number of allylic oxidation sites excluding steroid dienone is 1. The summed E-state index contributed by atoms with van der Waals surface area (Å²) in [6, 6.07) is 0.519. The third-order valence-corrected chi connectivity index (χ3v) is 1.54. The van der Waals surface area contributed by atoms with Gasteiger partial charge in [-0.15, -0.1) is 6.58 Å². The topological polar surface area (TPSA) is 12.0 Å². The Bertz CT molecular complexity index is 131. The molecule has 1 atom stereocenters. The summed E-state index contributed by atoms with van der Waals surface area (Å²) in [6.07, 6.45) is 2.17. The molecule has 64 valence electrons. The van der Waals surface area contributed by atoms with Gasteiger partial charge in [-0.2, -0.15) is 0 Å². The molecule has 0 aliphatic carbocycles. The van der Waals surface area contributed by atoms with Crippen LogP contribution in [0.1, 0.15) is 33.6 Å². The quantitative estimate of drug-likeness (QED) is 0.599. The number of hydrogen-bond acceptors (Lipinski definition) is 1. The zero-order valence-corrected chi connectivity index (χ0v) is 7.91. The summed E-state index contributed by atoms with van der Waals surface area (Å²) in [4.78, 5) is 0. The molecule has 1 unspecified atom stereocenters. The van der Waals surface area contributed by atoms with Gasteiger partial charge < -0.3 is 5.32 Å². The standard InChI is InChI=1S/C10H19N/c1-6-10(7-8(2)3)11-9(4)5/h10-11H,2,4,6-7H2,1,3,5H3. The summed E-state index contributed by atoms with van der Waals surface area (Å²) < 4.78 is 0. The van der Waals surface area contributed by atoms with E-state index in [-0.39, 0.29) is 0 Å².